The van der Waals surface area contributed by atoms with E-state index in [1.807, 2.05) is 37.3 Å². The zero-order chi connectivity index (χ0) is 19.1. The van der Waals surface area contributed by atoms with Crippen molar-refractivity contribution >= 4 is 17.8 Å². The van der Waals surface area contributed by atoms with Crippen molar-refractivity contribution in [3.8, 4) is 0 Å². The van der Waals surface area contributed by atoms with Crippen molar-refractivity contribution in [2.24, 2.45) is 0 Å². The molecular formula is C19H26N2O5. The van der Waals surface area contributed by atoms with E-state index in [1.165, 1.54) is 4.90 Å². The maximum atomic E-state index is 12.7. The monoisotopic (exact) mass is 362 g/mol. The molecule has 1 heterocycles. The van der Waals surface area contributed by atoms with Gasteiger partial charge in [-0.2, -0.15) is 0 Å². The molecule has 0 aromatic heterocycles. The molecule has 0 radical (unpaired) electrons. The van der Waals surface area contributed by atoms with Crippen LogP contribution < -0.4 is 5.32 Å². The summed E-state index contributed by atoms with van der Waals surface area (Å²) in [6.45, 7) is 1.47. The van der Waals surface area contributed by atoms with Crippen molar-refractivity contribution in [3.05, 3.63) is 35.9 Å². The number of amides is 1. The van der Waals surface area contributed by atoms with Gasteiger partial charge in [0.15, 0.2) is 0 Å². The summed E-state index contributed by atoms with van der Waals surface area (Å²) in [5.41, 5.74) is 1.04. The summed E-state index contributed by atoms with van der Waals surface area (Å²) in [6.07, 6.45) is 2.90. The highest BCUT2D eigenvalue weighted by atomic mass is 16.4. The lowest BCUT2D eigenvalue weighted by Crippen LogP contribution is -2.53. The number of rotatable bonds is 8. The van der Waals surface area contributed by atoms with Crippen molar-refractivity contribution < 1.29 is 24.6 Å². The highest BCUT2D eigenvalue weighted by Gasteiger charge is 2.34. The number of carboxylic acid groups (broad SMARTS) is 2. The van der Waals surface area contributed by atoms with Gasteiger partial charge in [0.2, 0.25) is 5.91 Å². The normalized spacial score (nSPS) is 21.9. The number of aryl methyl sites for hydroxylation is 1. The summed E-state index contributed by atoms with van der Waals surface area (Å²) >= 11 is 0. The zero-order valence-corrected chi connectivity index (χ0v) is 14.9. The van der Waals surface area contributed by atoms with Crippen LogP contribution in [0, 0.1) is 0 Å². The van der Waals surface area contributed by atoms with E-state index < -0.39 is 24.0 Å². The van der Waals surface area contributed by atoms with Crippen LogP contribution >= 0.6 is 0 Å². The van der Waals surface area contributed by atoms with Crippen LogP contribution in [0.4, 0.5) is 0 Å². The maximum Gasteiger partial charge on any atom is 0.323 e. The molecule has 1 aliphatic heterocycles. The summed E-state index contributed by atoms with van der Waals surface area (Å²) < 4.78 is 0. The number of carboxylic acids is 2. The standard InChI is InChI=1S/C19H26N2O5/c1-13-6-5-9-15(18(24)21(13)12-17(22)23)20-16(19(25)26)11-10-14-7-3-2-4-8-14/h2-4,7-8,13,15-16,20H,5-6,9-12H2,1H3,(H,22,23)(H,25,26). The van der Waals surface area contributed by atoms with Gasteiger partial charge in [0, 0.05) is 6.04 Å². The van der Waals surface area contributed by atoms with Gasteiger partial charge in [0.05, 0.1) is 6.04 Å². The van der Waals surface area contributed by atoms with Gasteiger partial charge in [-0.05, 0) is 44.6 Å². The molecule has 7 heteroatoms. The first kappa shape index (κ1) is 19.9. The first-order valence-corrected chi connectivity index (χ1v) is 8.93. The number of aliphatic carboxylic acids is 2. The molecule has 1 aliphatic rings. The molecule has 26 heavy (non-hydrogen) atoms. The molecule has 142 valence electrons. The van der Waals surface area contributed by atoms with E-state index in [1.54, 1.807) is 0 Å². The van der Waals surface area contributed by atoms with Gasteiger partial charge in [0.25, 0.3) is 0 Å². The quantitative estimate of drug-likeness (QED) is 0.647. The Balaban J connectivity index is 2.04. The third-order valence-electron chi connectivity index (χ3n) is 4.80. The van der Waals surface area contributed by atoms with Crippen LogP contribution in [0.15, 0.2) is 30.3 Å². The highest BCUT2D eigenvalue weighted by molar-refractivity contribution is 5.86. The second-order valence-electron chi connectivity index (χ2n) is 6.77. The SMILES string of the molecule is CC1CCCC(NC(CCc2ccccc2)C(=O)O)C(=O)N1CC(=O)O. The molecule has 3 unspecified atom stereocenters. The van der Waals surface area contributed by atoms with Crippen molar-refractivity contribution in [1.29, 1.82) is 0 Å². The fourth-order valence-electron chi connectivity index (χ4n) is 3.32. The minimum atomic E-state index is -1.07. The third-order valence-corrected chi connectivity index (χ3v) is 4.80. The molecule has 1 amide bonds. The van der Waals surface area contributed by atoms with Crippen LogP contribution in [0.2, 0.25) is 0 Å². The topological polar surface area (TPSA) is 107 Å². The minimum absolute atomic E-state index is 0.169. The second-order valence-corrected chi connectivity index (χ2v) is 6.77. The lowest BCUT2D eigenvalue weighted by atomic mass is 10.0. The van der Waals surface area contributed by atoms with Crippen molar-refractivity contribution in [1.82, 2.24) is 10.2 Å². The Bertz CT molecular complexity index is 634. The van der Waals surface area contributed by atoms with Gasteiger partial charge in [-0.25, -0.2) is 0 Å². The van der Waals surface area contributed by atoms with Crippen LogP contribution in [0.25, 0.3) is 0 Å². The van der Waals surface area contributed by atoms with Crippen molar-refractivity contribution in [2.45, 2.75) is 57.2 Å². The number of hydrogen-bond acceptors (Lipinski definition) is 4. The van der Waals surface area contributed by atoms with Crippen LogP contribution in [0.1, 0.15) is 38.2 Å². The van der Waals surface area contributed by atoms with Crippen molar-refractivity contribution in [2.75, 3.05) is 6.54 Å². The average molecular weight is 362 g/mol. The van der Waals surface area contributed by atoms with Crippen molar-refractivity contribution in [3.63, 3.8) is 0 Å². The summed E-state index contributed by atoms with van der Waals surface area (Å²) in [7, 11) is 0. The summed E-state index contributed by atoms with van der Waals surface area (Å²) in [4.78, 5) is 36.8. The predicted octanol–water partition coefficient (Wildman–Crippen LogP) is 1.52. The Morgan fingerprint density at radius 3 is 2.54 bits per heavy atom. The molecule has 0 bridgehead atoms. The van der Waals surface area contributed by atoms with Crippen LogP contribution in [0.5, 0.6) is 0 Å². The minimum Gasteiger partial charge on any atom is -0.480 e. The molecule has 1 saturated heterocycles. The van der Waals surface area contributed by atoms with E-state index in [-0.39, 0.29) is 18.5 Å². The number of nitrogens with one attached hydrogen (secondary N) is 1. The number of likely N-dealkylation sites (tertiary alicyclic amines) is 1. The number of carbonyl (C=O) groups is 3. The Morgan fingerprint density at radius 2 is 1.92 bits per heavy atom. The smallest absolute Gasteiger partial charge is 0.323 e. The fourth-order valence-corrected chi connectivity index (χ4v) is 3.32. The molecule has 0 aliphatic carbocycles. The Kier molecular flexibility index (Phi) is 7.15. The summed E-state index contributed by atoms with van der Waals surface area (Å²) in [6, 6.07) is 7.88. The Morgan fingerprint density at radius 1 is 1.23 bits per heavy atom. The van der Waals surface area contributed by atoms with Gasteiger partial charge in [-0.3, -0.25) is 19.7 Å². The number of nitrogens with zero attached hydrogens (tertiary/aromatic N) is 1. The van der Waals surface area contributed by atoms with E-state index in [4.69, 9.17) is 5.11 Å². The Labute approximate surface area is 153 Å². The lowest BCUT2D eigenvalue weighted by molar-refractivity contribution is -0.147. The summed E-state index contributed by atoms with van der Waals surface area (Å²) in [5, 5.41) is 21.5. The third kappa shape index (κ3) is 5.56. The number of benzene rings is 1. The van der Waals surface area contributed by atoms with Crippen LogP contribution in [-0.2, 0) is 20.8 Å². The van der Waals surface area contributed by atoms with E-state index >= 15 is 0 Å². The Hall–Kier alpha value is -2.41. The lowest BCUT2D eigenvalue weighted by Gasteiger charge is -2.29. The van der Waals surface area contributed by atoms with E-state index in [0.29, 0.717) is 25.7 Å². The largest absolute Gasteiger partial charge is 0.480 e. The van der Waals surface area contributed by atoms with Gasteiger partial charge in [0.1, 0.15) is 12.6 Å². The number of hydrogen-bond donors (Lipinski definition) is 3. The molecule has 1 aromatic rings. The fraction of sp³-hybridized carbons (Fsp3) is 0.526. The molecule has 0 saturated carbocycles. The molecule has 7 nitrogen and oxygen atoms in total. The summed E-state index contributed by atoms with van der Waals surface area (Å²) in [5.74, 6) is -2.40. The van der Waals surface area contributed by atoms with Gasteiger partial charge < -0.3 is 15.1 Å². The zero-order valence-electron chi connectivity index (χ0n) is 14.9. The highest BCUT2D eigenvalue weighted by Crippen LogP contribution is 2.19. The average Bonchev–Trinajstić information content (AvgIpc) is 2.72. The van der Waals surface area contributed by atoms with Gasteiger partial charge >= 0.3 is 11.9 Å². The van der Waals surface area contributed by atoms with Gasteiger partial charge in [-0.1, -0.05) is 30.3 Å². The van der Waals surface area contributed by atoms with E-state index in [9.17, 15) is 19.5 Å². The predicted molar refractivity (Wildman–Crippen MR) is 95.8 cm³/mol. The first-order chi connectivity index (χ1) is 12.4. The molecule has 3 N–H and O–H groups in total. The molecule has 1 fully saturated rings. The molecule has 2 rings (SSSR count). The molecule has 0 spiro atoms. The molecule has 1 aromatic carbocycles. The molecule has 3 atom stereocenters. The van der Waals surface area contributed by atoms with E-state index in [2.05, 4.69) is 5.32 Å². The maximum absolute atomic E-state index is 12.7. The first-order valence-electron chi connectivity index (χ1n) is 8.93. The molecular weight excluding hydrogens is 336 g/mol. The van der Waals surface area contributed by atoms with Crippen LogP contribution in [0.3, 0.4) is 0 Å². The van der Waals surface area contributed by atoms with E-state index in [0.717, 1.165) is 12.0 Å². The van der Waals surface area contributed by atoms with Gasteiger partial charge in [-0.15, -0.1) is 0 Å². The second kappa shape index (κ2) is 9.33. The number of carbonyl (C=O) groups excluding carboxylic acids is 1. The van der Waals surface area contributed by atoms with Crippen LogP contribution in [-0.4, -0.2) is 57.6 Å².